The SMILES string of the molecule is COc1nc(C#N)ncc1N1C[C@]2(CC[C@@](c3ccccc3)(N(C)C)CC2)N(CC2CCC2)C1=O. The van der Waals surface area contributed by atoms with Gasteiger partial charge in [0, 0.05) is 12.1 Å². The van der Waals surface area contributed by atoms with Crippen LogP contribution in [-0.2, 0) is 5.54 Å². The summed E-state index contributed by atoms with van der Waals surface area (Å²) >= 11 is 0. The summed E-state index contributed by atoms with van der Waals surface area (Å²) in [6, 6.07) is 12.7. The molecule has 2 amide bonds. The molecule has 2 aromatic rings. The van der Waals surface area contributed by atoms with Crippen molar-refractivity contribution >= 4 is 11.7 Å². The second-order valence-corrected chi connectivity index (χ2v) is 10.5. The molecule has 35 heavy (non-hydrogen) atoms. The van der Waals surface area contributed by atoms with Crippen molar-refractivity contribution < 1.29 is 9.53 Å². The van der Waals surface area contributed by atoms with E-state index in [1.807, 2.05) is 6.07 Å². The molecule has 3 fully saturated rings. The van der Waals surface area contributed by atoms with E-state index >= 15 is 0 Å². The van der Waals surface area contributed by atoms with Crippen LogP contribution in [0, 0.1) is 17.2 Å². The van der Waals surface area contributed by atoms with E-state index in [4.69, 9.17) is 4.74 Å². The number of urea groups is 1. The maximum absolute atomic E-state index is 13.9. The first kappa shape index (κ1) is 23.6. The quantitative estimate of drug-likeness (QED) is 0.625. The minimum absolute atomic E-state index is 0.000529. The van der Waals surface area contributed by atoms with E-state index in [9.17, 15) is 10.1 Å². The van der Waals surface area contributed by atoms with Gasteiger partial charge >= 0.3 is 6.03 Å². The minimum atomic E-state index is -0.236. The average molecular weight is 475 g/mol. The van der Waals surface area contributed by atoms with Crippen molar-refractivity contribution in [1.82, 2.24) is 19.8 Å². The predicted molar refractivity (Wildman–Crippen MR) is 133 cm³/mol. The highest BCUT2D eigenvalue weighted by Gasteiger charge is 2.55. The van der Waals surface area contributed by atoms with Crippen LogP contribution in [0.2, 0.25) is 0 Å². The Bertz CT molecular complexity index is 1120. The zero-order valence-corrected chi connectivity index (χ0v) is 20.9. The molecule has 0 bridgehead atoms. The number of nitrogens with zero attached hydrogens (tertiary/aromatic N) is 6. The number of nitriles is 1. The molecule has 3 aliphatic rings. The van der Waals surface area contributed by atoms with Gasteiger partial charge in [0.1, 0.15) is 11.8 Å². The molecule has 2 aliphatic carbocycles. The highest BCUT2D eigenvalue weighted by Crippen LogP contribution is 2.50. The Labute approximate surface area is 207 Å². The highest BCUT2D eigenvalue weighted by molar-refractivity contribution is 5.96. The Kier molecular flexibility index (Phi) is 6.14. The lowest BCUT2D eigenvalue weighted by molar-refractivity contribution is 0.0172. The topological polar surface area (TPSA) is 85.6 Å². The molecule has 1 spiro atoms. The van der Waals surface area contributed by atoms with Crippen molar-refractivity contribution in [3.8, 4) is 11.9 Å². The number of aromatic nitrogens is 2. The molecule has 8 nitrogen and oxygen atoms in total. The number of carbonyl (C=O) groups excluding carboxylic acids is 1. The van der Waals surface area contributed by atoms with Gasteiger partial charge in [-0.3, -0.25) is 9.80 Å². The molecule has 1 aromatic carbocycles. The second kappa shape index (κ2) is 9.12. The van der Waals surface area contributed by atoms with Crippen LogP contribution in [-0.4, -0.2) is 65.6 Å². The Morgan fingerprint density at radius 3 is 2.46 bits per heavy atom. The highest BCUT2D eigenvalue weighted by atomic mass is 16.5. The zero-order chi connectivity index (χ0) is 24.6. The van der Waals surface area contributed by atoms with E-state index in [0.717, 1.165) is 32.2 Å². The molecule has 2 heterocycles. The molecule has 0 atom stereocenters. The third-order valence-electron chi connectivity index (χ3n) is 8.65. The van der Waals surface area contributed by atoms with Gasteiger partial charge in [-0.25, -0.2) is 9.78 Å². The first-order valence-electron chi connectivity index (χ1n) is 12.6. The molecular formula is C27H34N6O2. The van der Waals surface area contributed by atoms with Crippen molar-refractivity contribution in [3.05, 3.63) is 47.9 Å². The zero-order valence-electron chi connectivity index (χ0n) is 20.9. The number of ether oxygens (including phenoxy) is 1. The van der Waals surface area contributed by atoms with Gasteiger partial charge in [0.25, 0.3) is 0 Å². The van der Waals surface area contributed by atoms with Crippen molar-refractivity contribution in [2.75, 3.05) is 39.2 Å². The van der Waals surface area contributed by atoms with Crippen LogP contribution in [0.15, 0.2) is 36.5 Å². The summed E-state index contributed by atoms with van der Waals surface area (Å²) in [7, 11) is 5.85. The number of anilines is 1. The van der Waals surface area contributed by atoms with Gasteiger partial charge in [-0.15, -0.1) is 0 Å². The van der Waals surface area contributed by atoms with E-state index in [2.05, 4.69) is 64.2 Å². The van der Waals surface area contributed by atoms with Gasteiger partial charge in [0.05, 0.1) is 25.4 Å². The number of rotatable bonds is 6. The van der Waals surface area contributed by atoms with Crippen LogP contribution < -0.4 is 9.64 Å². The number of benzene rings is 1. The first-order valence-corrected chi connectivity index (χ1v) is 12.6. The van der Waals surface area contributed by atoms with E-state index in [1.165, 1.54) is 31.9 Å². The largest absolute Gasteiger partial charge is 0.479 e. The summed E-state index contributed by atoms with van der Waals surface area (Å²) in [6.07, 6.45) is 8.99. The lowest BCUT2D eigenvalue weighted by atomic mass is 9.68. The minimum Gasteiger partial charge on any atom is -0.479 e. The number of hydrogen-bond acceptors (Lipinski definition) is 6. The van der Waals surface area contributed by atoms with Gasteiger partial charge < -0.3 is 9.64 Å². The molecule has 0 radical (unpaired) electrons. The van der Waals surface area contributed by atoms with Crippen LogP contribution in [0.1, 0.15) is 56.3 Å². The van der Waals surface area contributed by atoms with Crippen LogP contribution in [0.4, 0.5) is 10.5 Å². The van der Waals surface area contributed by atoms with Gasteiger partial charge in [-0.2, -0.15) is 10.2 Å². The fourth-order valence-electron chi connectivity index (χ4n) is 6.24. The van der Waals surface area contributed by atoms with E-state index < -0.39 is 0 Å². The summed E-state index contributed by atoms with van der Waals surface area (Å²) in [5.74, 6) is 0.882. The monoisotopic (exact) mass is 474 g/mol. The van der Waals surface area contributed by atoms with Gasteiger partial charge in [0.15, 0.2) is 0 Å². The summed E-state index contributed by atoms with van der Waals surface area (Å²) in [6.45, 7) is 1.39. The summed E-state index contributed by atoms with van der Waals surface area (Å²) in [5.41, 5.74) is 1.61. The van der Waals surface area contributed by atoms with Crippen LogP contribution in [0.3, 0.4) is 0 Å². The molecule has 8 heteroatoms. The molecule has 5 rings (SSSR count). The molecule has 184 valence electrons. The average Bonchev–Trinajstić information content (AvgIpc) is 3.12. The Balaban J connectivity index is 1.48. The standard InChI is InChI=1S/C27H34N6O2/c1-31(2)27(21-10-5-4-6-11-21)14-12-26(13-15-27)19-32(25(34)33(26)18-20-8-7-9-20)22-17-29-23(16-28)30-24(22)35-3/h4-6,10-11,17,20H,7-9,12-15,18-19H2,1-3H3/t26-,27-. The maximum Gasteiger partial charge on any atom is 0.325 e. The van der Waals surface area contributed by atoms with Crippen LogP contribution >= 0.6 is 0 Å². The molecule has 1 aromatic heterocycles. The Morgan fingerprint density at radius 2 is 1.89 bits per heavy atom. The van der Waals surface area contributed by atoms with E-state index in [0.29, 0.717) is 18.2 Å². The van der Waals surface area contributed by atoms with Crippen LogP contribution in [0.5, 0.6) is 5.88 Å². The van der Waals surface area contributed by atoms with Crippen molar-refractivity contribution in [2.24, 2.45) is 5.92 Å². The molecule has 2 saturated carbocycles. The maximum atomic E-state index is 13.9. The number of methoxy groups -OCH3 is 1. The van der Waals surface area contributed by atoms with Crippen LogP contribution in [0.25, 0.3) is 0 Å². The molecule has 0 unspecified atom stereocenters. The second-order valence-electron chi connectivity index (χ2n) is 10.5. The smallest absolute Gasteiger partial charge is 0.325 e. The van der Waals surface area contributed by atoms with Gasteiger partial charge in [-0.1, -0.05) is 36.8 Å². The summed E-state index contributed by atoms with van der Waals surface area (Å²) < 4.78 is 5.47. The lowest BCUT2D eigenvalue weighted by Crippen LogP contribution is -2.56. The summed E-state index contributed by atoms with van der Waals surface area (Å²) in [5, 5.41) is 9.20. The summed E-state index contributed by atoms with van der Waals surface area (Å²) in [4.78, 5) is 28.6. The third kappa shape index (κ3) is 3.92. The lowest BCUT2D eigenvalue weighted by Gasteiger charge is -2.51. The number of carbonyl (C=O) groups is 1. The normalized spacial score (nSPS) is 26.8. The van der Waals surface area contributed by atoms with E-state index in [-0.39, 0.29) is 28.8 Å². The molecule has 0 N–H and O–H groups in total. The molecule has 1 saturated heterocycles. The fraction of sp³-hybridized carbons (Fsp3) is 0.556. The fourth-order valence-corrected chi connectivity index (χ4v) is 6.24. The van der Waals surface area contributed by atoms with Crippen molar-refractivity contribution in [3.63, 3.8) is 0 Å². The Morgan fingerprint density at radius 1 is 1.17 bits per heavy atom. The van der Waals surface area contributed by atoms with Gasteiger partial charge in [0.2, 0.25) is 11.7 Å². The van der Waals surface area contributed by atoms with Gasteiger partial charge in [-0.05, 0) is 64.1 Å². The van der Waals surface area contributed by atoms with E-state index in [1.54, 1.807) is 11.1 Å². The molecule has 1 aliphatic heterocycles. The molecular weight excluding hydrogens is 440 g/mol. The first-order chi connectivity index (χ1) is 16.9. The number of amides is 2. The third-order valence-corrected chi connectivity index (χ3v) is 8.65. The predicted octanol–water partition coefficient (Wildman–Crippen LogP) is 4.17. The van der Waals surface area contributed by atoms with Crippen molar-refractivity contribution in [2.45, 2.75) is 56.0 Å². The number of hydrogen-bond donors (Lipinski definition) is 0. The van der Waals surface area contributed by atoms with Crippen molar-refractivity contribution in [1.29, 1.82) is 5.26 Å². The Hall–Kier alpha value is -3.18.